The Bertz CT molecular complexity index is 1180. The average molecular weight is 356 g/mol. The maximum absolute atomic E-state index is 11.9. The van der Waals surface area contributed by atoms with Crippen LogP contribution in [0.25, 0.3) is 33.8 Å². The van der Waals surface area contributed by atoms with Crippen LogP contribution in [0.1, 0.15) is 0 Å². The van der Waals surface area contributed by atoms with Crippen molar-refractivity contribution in [3.05, 3.63) is 42.9 Å². The molecule has 0 amide bonds. The number of nitrogen functional groups attached to an aromatic ring is 1. The van der Waals surface area contributed by atoms with E-state index in [2.05, 4.69) is 19.9 Å². The minimum atomic E-state index is -3.95. The summed E-state index contributed by atoms with van der Waals surface area (Å²) >= 11 is 0. The van der Waals surface area contributed by atoms with E-state index in [1.54, 1.807) is 24.3 Å². The third-order valence-electron chi connectivity index (χ3n) is 3.59. The third kappa shape index (κ3) is 2.62. The van der Waals surface area contributed by atoms with Crippen LogP contribution in [0.3, 0.4) is 0 Å². The number of anilines is 1. The first-order valence-corrected chi connectivity index (χ1v) is 8.66. The monoisotopic (exact) mass is 356 g/mol. The van der Waals surface area contributed by atoms with Crippen molar-refractivity contribution >= 4 is 27.1 Å². The quantitative estimate of drug-likeness (QED) is 0.502. The van der Waals surface area contributed by atoms with Crippen LogP contribution in [0.5, 0.6) is 0 Å². The first-order chi connectivity index (χ1) is 11.9. The fourth-order valence-electron chi connectivity index (χ4n) is 2.54. The van der Waals surface area contributed by atoms with Crippen LogP contribution in [-0.4, -0.2) is 28.4 Å². The van der Waals surface area contributed by atoms with E-state index in [0.717, 1.165) is 0 Å². The molecule has 0 fully saturated rings. The zero-order valence-electron chi connectivity index (χ0n) is 12.7. The van der Waals surface area contributed by atoms with Crippen molar-refractivity contribution < 1.29 is 12.8 Å². The molecule has 0 unspecified atom stereocenters. The van der Waals surface area contributed by atoms with E-state index in [0.29, 0.717) is 22.4 Å². The fourth-order valence-corrected chi connectivity index (χ4v) is 3.27. The number of nitrogens with zero attached hydrogens (tertiary/aromatic N) is 3. The van der Waals surface area contributed by atoms with E-state index in [9.17, 15) is 8.42 Å². The molecule has 0 saturated carbocycles. The second kappa shape index (κ2) is 5.40. The fraction of sp³-hybridized carbons (Fsp3) is 0. The minimum absolute atomic E-state index is 0.0695. The van der Waals surface area contributed by atoms with Gasteiger partial charge in [0.15, 0.2) is 17.4 Å². The number of hydrogen-bond acceptors (Lipinski definition) is 7. The summed E-state index contributed by atoms with van der Waals surface area (Å²) in [6.07, 6.45) is 3.00. The average Bonchev–Trinajstić information content (AvgIpc) is 3.21. The summed E-state index contributed by atoms with van der Waals surface area (Å²) in [5.74, 6) is 0.350. The van der Waals surface area contributed by atoms with E-state index < -0.39 is 10.0 Å². The van der Waals surface area contributed by atoms with Gasteiger partial charge in [0, 0.05) is 11.1 Å². The number of imidazole rings is 1. The molecule has 0 aliphatic heterocycles. The molecule has 0 aliphatic carbocycles. The van der Waals surface area contributed by atoms with Crippen LogP contribution in [0.4, 0.5) is 5.95 Å². The van der Waals surface area contributed by atoms with Gasteiger partial charge < -0.3 is 15.1 Å². The molecule has 0 bridgehead atoms. The largest absolute Gasteiger partial charge is 0.472 e. The van der Waals surface area contributed by atoms with Gasteiger partial charge in [-0.05, 0) is 18.2 Å². The van der Waals surface area contributed by atoms with Crippen LogP contribution >= 0.6 is 0 Å². The molecule has 5 N–H and O–H groups in total. The first-order valence-electron chi connectivity index (χ1n) is 7.11. The van der Waals surface area contributed by atoms with Gasteiger partial charge in [-0.2, -0.15) is 0 Å². The maximum atomic E-state index is 11.9. The molecule has 126 valence electrons. The number of nitrogens with two attached hydrogens (primary N) is 2. The van der Waals surface area contributed by atoms with Crippen molar-refractivity contribution in [2.75, 3.05) is 5.73 Å². The van der Waals surface area contributed by atoms with Crippen LogP contribution in [-0.2, 0) is 10.0 Å². The van der Waals surface area contributed by atoms with Crippen molar-refractivity contribution in [2.45, 2.75) is 4.90 Å². The second-order valence-electron chi connectivity index (χ2n) is 5.27. The molecule has 0 spiro atoms. The predicted octanol–water partition coefficient (Wildman–Crippen LogP) is 1.51. The van der Waals surface area contributed by atoms with E-state index in [4.69, 9.17) is 15.3 Å². The van der Waals surface area contributed by atoms with Crippen molar-refractivity contribution in [3.8, 4) is 22.6 Å². The van der Waals surface area contributed by atoms with Gasteiger partial charge >= 0.3 is 0 Å². The smallest absolute Gasteiger partial charge is 0.238 e. The number of sulfonamides is 1. The number of fused-ring (bicyclic) bond motifs is 1. The van der Waals surface area contributed by atoms with Gasteiger partial charge in [0.1, 0.15) is 11.2 Å². The zero-order chi connectivity index (χ0) is 17.6. The standard InChI is InChI=1S/C15H12N6O3S/c16-15-19-12-11(8-5-6-24-7-8)18-13(20-14(12)21-15)9-3-1-2-4-10(9)25(17,22)23/h1-7H,(H2,17,22,23)(H3,16,18,19,20,21). The molecule has 0 radical (unpaired) electrons. The molecule has 9 nitrogen and oxygen atoms in total. The van der Waals surface area contributed by atoms with E-state index >= 15 is 0 Å². The number of nitrogens with one attached hydrogen (secondary N) is 1. The highest BCUT2D eigenvalue weighted by molar-refractivity contribution is 7.89. The number of hydrogen-bond donors (Lipinski definition) is 3. The molecule has 3 aromatic heterocycles. The molecule has 10 heteroatoms. The highest BCUT2D eigenvalue weighted by Crippen LogP contribution is 2.30. The molecule has 0 atom stereocenters. The van der Waals surface area contributed by atoms with Crippen molar-refractivity contribution in [1.82, 2.24) is 19.9 Å². The van der Waals surface area contributed by atoms with Crippen LogP contribution in [0.15, 0.2) is 52.2 Å². The Hall–Kier alpha value is -3.24. The Morgan fingerprint density at radius 1 is 1.08 bits per heavy atom. The maximum Gasteiger partial charge on any atom is 0.238 e. The highest BCUT2D eigenvalue weighted by Gasteiger charge is 2.20. The Kier molecular flexibility index (Phi) is 3.30. The van der Waals surface area contributed by atoms with Crippen molar-refractivity contribution in [1.29, 1.82) is 0 Å². The number of rotatable bonds is 3. The predicted molar refractivity (Wildman–Crippen MR) is 90.6 cm³/mol. The van der Waals surface area contributed by atoms with Gasteiger partial charge in [-0.1, -0.05) is 12.1 Å². The summed E-state index contributed by atoms with van der Waals surface area (Å²) in [7, 11) is -3.95. The van der Waals surface area contributed by atoms with Crippen molar-refractivity contribution in [2.24, 2.45) is 5.14 Å². The van der Waals surface area contributed by atoms with Crippen LogP contribution in [0.2, 0.25) is 0 Å². The molecular formula is C15H12N6O3S. The van der Waals surface area contributed by atoms with Gasteiger partial charge in [0.2, 0.25) is 10.0 Å². The summed E-state index contributed by atoms with van der Waals surface area (Å²) < 4.78 is 28.9. The molecule has 1 aromatic carbocycles. The lowest BCUT2D eigenvalue weighted by atomic mass is 10.1. The Balaban J connectivity index is 2.05. The lowest BCUT2D eigenvalue weighted by molar-refractivity contribution is 0.568. The Morgan fingerprint density at radius 2 is 1.88 bits per heavy atom. The zero-order valence-corrected chi connectivity index (χ0v) is 13.5. The number of benzene rings is 1. The topological polar surface area (TPSA) is 154 Å². The molecule has 4 aromatic rings. The van der Waals surface area contributed by atoms with Crippen molar-refractivity contribution in [3.63, 3.8) is 0 Å². The SMILES string of the molecule is Nc1nc2c(-c3ccoc3)nc(-c3ccccc3S(N)(=O)=O)nc2[nH]1. The molecule has 0 saturated heterocycles. The molecule has 3 heterocycles. The normalized spacial score (nSPS) is 11.9. The molecule has 4 rings (SSSR count). The Labute approximate surface area is 141 Å². The number of H-pyrrole nitrogens is 1. The second-order valence-corrected chi connectivity index (χ2v) is 6.80. The summed E-state index contributed by atoms with van der Waals surface area (Å²) in [6, 6.07) is 7.95. The van der Waals surface area contributed by atoms with Gasteiger partial charge in [0.25, 0.3) is 0 Å². The third-order valence-corrected chi connectivity index (χ3v) is 4.56. The minimum Gasteiger partial charge on any atom is -0.472 e. The summed E-state index contributed by atoms with van der Waals surface area (Å²) in [5, 5.41) is 5.31. The van der Waals surface area contributed by atoms with Gasteiger partial charge in [-0.25, -0.2) is 28.5 Å². The molecule has 25 heavy (non-hydrogen) atoms. The van der Waals surface area contributed by atoms with E-state index in [1.807, 2.05) is 0 Å². The van der Waals surface area contributed by atoms with E-state index in [-0.39, 0.29) is 22.2 Å². The number of aromatic amines is 1. The number of primary sulfonamides is 1. The number of aromatic nitrogens is 4. The highest BCUT2D eigenvalue weighted by atomic mass is 32.2. The van der Waals surface area contributed by atoms with Gasteiger partial charge in [0.05, 0.1) is 17.4 Å². The number of furan rings is 1. The molecular weight excluding hydrogens is 344 g/mol. The van der Waals surface area contributed by atoms with Crippen LogP contribution < -0.4 is 10.9 Å². The van der Waals surface area contributed by atoms with E-state index in [1.165, 1.54) is 18.6 Å². The summed E-state index contributed by atoms with van der Waals surface area (Å²) in [6.45, 7) is 0. The lowest BCUT2D eigenvalue weighted by Crippen LogP contribution is -2.13. The van der Waals surface area contributed by atoms with Gasteiger partial charge in [-0.15, -0.1) is 0 Å². The summed E-state index contributed by atoms with van der Waals surface area (Å²) in [4.78, 5) is 15.8. The summed E-state index contributed by atoms with van der Waals surface area (Å²) in [5.41, 5.74) is 7.97. The van der Waals surface area contributed by atoms with Gasteiger partial charge in [-0.3, -0.25) is 0 Å². The first kappa shape index (κ1) is 15.3. The Morgan fingerprint density at radius 3 is 2.60 bits per heavy atom. The molecule has 0 aliphatic rings. The lowest BCUT2D eigenvalue weighted by Gasteiger charge is -2.08. The van der Waals surface area contributed by atoms with Crippen LogP contribution in [0, 0.1) is 0 Å².